The number of non-ortho nitro benzene ring substituents is 1. The Bertz CT molecular complexity index is 1280. The second-order valence-corrected chi connectivity index (χ2v) is 7.51. The number of nitro groups is 1. The molecule has 4 rings (SSSR count). The number of carbonyl (C=O) groups is 1. The monoisotopic (exact) mass is 448 g/mol. The lowest BCUT2D eigenvalue weighted by Gasteiger charge is -2.07. The Hall–Kier alpha value is -3.97. The van der Waals surface area contributed by atoms with Crippen molar-refractivity contribution >= 4 is 35.2 Å². The number of benzene rings is 3. The standard InChI is InChI=1S/C24H17ClN2O5/c1-15-4-2-6-17(10-15)14-31-19-7-3-5-16(11-19)12-22-24(28)32-23(26-22)20-13-18(27(29)30)8-9-21(20)25/h2-13H,14H2,1H3/b22-12-. The van der Waals surface area contributed by atoms with Gasteiger partial charge in [-0.1, -0.05) is 53.6 Å². The molecule has 1 heterocycles. The van der Waals surface area contributed by atoms with E-state index in [2.05, 4.69) is 11.1 Å². The Morgan fingerprint density at radius 3 is 2.72 bits per heavy atom. The van der Waals surface area contributed by atoms with E-state index in [1.165, 1.54) is 18.2 Å². The van der Waals surface area contributed by atoms with Crippen LogP contribution in [0, 0.1) is 17.0 Å². The molecule has 160 valence electrons. The summed E-state index contributed by atoms with van der Waals surface area (Å²) in [5.41, 5.74) is 2.94. The van der Waals surface area contributed by atoms with E-state index in [0.717, 1.165) is 11.1 Å². The second-order valence-electron chi connectivity index (χ2n) is 7.11. The van der Waals surface area contributed by atoms with Crippen molar-refractivity contribution in [3.63, 3.8) is 0 Å². The van der Waals surface area contributed by atoms with Gasteiger partial charge in [0, 0.05) is 12.1 Å². The van der Waals surface area contributed by atoms with Crippen molar-refractivity contribution in [2.75, 3.05) is 0 Å². The Morgan fingerprint density at radius 1 is 1.12 bits per heavy atom. The van der Waals surface area contributed by atoms with Crippen molar-refractivity contribution in [1.82, 2.24) is 0 Å². The van der Waals surface area contributed by atoms with Crippen molar-refractivity contribution in [3.05, 3.63) is 110 Å². The third kappa shape index (κ3) is 4.84. The predicted octanol–water partition coefficient (Wildman–Crippen LogP) is 5.48. The fourth-order valence-electron chi connectivity index (χ4n) is 3.14. The maximum Gasteiger partial charge on any atom is 0.363 e. The van der Waals surface area contributed by atoms with Crippen LogP contribution >= 0.6 is 11.6 Å². The molecule has 32 heavy (non-hydrogen) atoms. The first-order valence-corrected chi connectivity index (χ1v) is 10.0. The highest BCUT2D eigenvalue weighted by atomic mass is 35.5. The fraction of sp³-hybridized carbons (Fsp3) is 0.0833. The molecule has 0 N–H and O–H groups in total. The molecule has 0 amide bonds. The van der Waals surface area contributed by atoms with Crippen molar-refractivity contribution in [2.45, 2.75) is 13.5 Å². The fourth-order valence-corrected chi connectivity index (χ4v) is 3.33. The van der Waals surface area contributed by atoms with Crippen molar-refractivity contribution < 1.29 is 19.2 Å². The van der Waals surface area contributed by atoms with Crippen molar-refractivity contribution in [1.29, 1.82) is 0 Å². The van der Waals surface area contributed by atoms with E-state index in [9.17, 15) is 14.9 Å². The van der Waals surface area contributed by atoms with Gasteiger partial charge in [0.15, 0.2) is 5.70 Å². The number of aliphatic imine (C=N–C) groups is 1. The van der Waals surface area contributed by atoms with Gasteiger partial charge in [-0.15, -0.1) is 0 Å². The molecule has 3 aromatic carbocycles. The minimum Gasteiger partial charge on any atom is -0.489 e. The number of nitrogens with zero attached hydrogens (tertiary/aromatic N) is 2. The van der Waals surface area contributed by atoms with Gasteiger partial charge in [0.1, 0.15) is 12.4 Å². The first-order valence-electron chi connectivity index (χ1n) is 9.64. The maximum atomic E-state index is 12.3. The number of carbonyl (C=O) groups excluding carboxylic acids is 1. The zero-order valence-electron chi connectivity index (χ0n) is 16.9. The van der Waals surface area contributed by atoms with Gasteiger partial charge in [0.2, 0.25) is 5.90 Å². The molecule has 3 aromatic rings. The highest BCUT2D eigenvalue weighted by Gasteiger charge is 2.27. The van der Waals surface area contributed by atoms with Crippen LogP contribution in [0.2, 0.25) is 5.02 Å². The normalized spacial score (nSPS) is 14.2. The molecule has 0 unspecified atom stereocenters. The average Bonchev–Trinajstić information content (AvgIpc) is 3.12. The zero-order chi connectivity index (χ0) is 22.7. The van der Waals surface area contributed by atoms with E-state index >= 15 is 0 Å². The molecule has 7 nitrogen and oxygen atoms in total. The molecule has 0 saturated heterocycles. The molecule has 0 aromatic heterocycles. The van der Waals surface area contributed by atoms with E-state index < -0.39 is 10.9 Å². The molecule has 1 aliphatic rings. The lowest BCUT2D eigenvalue weighted by molar-refractivity contribution is -0.384. The first-order chi connectivity index (χ1) is 15.4. The quantitative estimate of drug-likeness (QED) is 0.215. The van der Waals surface area contributed by atoms with E-state index in [1.54, 1.807) is 24.3 Å². The van der Waals surface area contributed by atoms with E-state index in [1.807, 2.05) is 31.2 Å². The molecule has 0 aliphatic carbocycles. The van der Waals surface area contributed by atoms with Gasteiger partial charge in [-0.3, -0.25) is 10.1 Å². The summed E-state index contributed by atoms with van der Waals surface area (Å²) in [5, 5.41) is 11.2. The van der Waals surface area contributed by atoms with Gasteiger partial charge in [0.05, 0.1) is 15.5 Å². The van der Waals surface area contributed by atoms with Crippen LogP contribution < -0.4 is 4.74 Å². The minimum absolute atomic E-state index is 0.0541. The van der Waals surface area contributed by atoms with E-state index in [0.29, 0.717) is 17.9 Å². The number of ether oxygens (including phenoxy) is 2. The number of rotatable bonds is 6. The Balaban J connectivity index is 1.55. The summed E-state index contributed by atoms with van der Waals surface area (Å²) in [6.07, 6.45) is 1.56. The number of hydrogen-bond donors (Lipinski definition) is 0. The maximum absolute atomic E-state index is 12.3. The molecular weight excluding hydrogens is 432 g/mol. The molecule has 1 aliphatic heterocycles. The predicted molar refractivity (Wildman–Crippen MR) is 121 cm³/mol. The summed E-state index contributed by atoms with van der Waals surface area (Å²) in [5.74, 6) is -0.117. The summed E-state index contributed by atoms with van der Waals surface area (Å²) < 4.78 is 11.1. The number of cyclic esters (lactones) is 1. The van der Waals surface area contributed by atoms with Gasteiger partial charge >= 0.3 is 5.97 Å². The molecule has 0 saturated carbocycles. The van der Waals surface area contributed by atoms with Gasteiger partial charge in [-0.25, -0.2) is 9.79 Å². The summed E-state index contributed by atoms with van der Waals surface area (Å²) in [4.78, 5) is 27.0. The van der Waals surface area contributed by atoms with Crippen LogP contribution in [0.25, 0.3) is 6.08 Å². The van der Waals surface area contributed by atoms with Crippen molar-refractivity contribution in [3.8, 4) is 5.75 Å². The Labute approximate surface area is 188 Å². The highest BCUT2D eigenvalue weighted by molar-refractivity contribution is 6.34. The van der Waals surface area contributed by atoms with E-state index in [-0.39, 0.29) is 27.9 Å². The highest BCUT2D eigenvalue weighted by Crippen LogP contribution is 2.27. The Morgan fingerprint density at radius 2 is 1.94 bits per heavy atom. The molecule has 0 bridgehead atoms. The van der Waals surface area contributed by atoms with Crippen molar-refractivity contribution in [2.24, 2.45) is 4.99 Å². The van der Waals surface area contributed by atoms with Crippen LogP contribution in [0.1, 0.15) is 22.3 Å². The number of nitro benzene ring substituents is 1. The smallest absolute Gasteiger partial charge is 0.363 e. The van der Waals surface area contributed by atoms with Gasteiger partial charge in [0.25, 0.3) is 5.69 Å². The van der Waals surface area contributed by atoms with Gasteiger partial charge in [-0.05, 0) is 42.3 Å². The summed E-state index contributed by atoms with van der Waals surface area (Å²) in [6, 6.07) is 19.1. The average molecular weight is 449 g/mol. The molecule has 0 fully saturated rings. The number of hydrogen-bond acceptors (Lipinski definition) is 6. The van der Waals surface area contributed by atoms with Crippen LogP contribution in [-0.2, 0) is 16.1 Å². The van der Waals surface area contributed by atoms with Crippen LogP contribution in [0.3, 0.4) is 0 Å². The molecule has 0 atom stereocenters. The number of halogens is 1. The topological polar surface area (TPSA) is 91.0 Å². The van der Waals surface area contributed by atoms with Crippen LogP contribution in [0.4, 0.5) is 5.69 Å². The zero-order valence-corrected chi connectivity index (χ0v) is 17.7. The molecular formula is C24H17ClN2O5. The minimum atomic E-state index is -0.673. The molecule has 8 heteroatoms. The van der Waals surface area contributed by atoms with Gasteiger partial charge in [-0.2, -0.15) is 0 Å². The van der Waals surface area contributed by atoms with Crippen LogP contribution in [0.5, 0.6) is 5.75 Å². The first kappa shape index (κ1) is 21.3. The number of esters is 1. The van der Waals surface area contributed by atoms with Gasteiger partial charge < -0.3 is 9.47 Å². The third-order valence-corrected chi connectivity index (χ3v) is 4.99. The van der Waals surface area contributed by atoms with E-state index in [4.69, 9.17) is 21.1 Å². The Kier molecular flexibility index (Phi) is 6.00. The largest absolute Gasteiger partial charge is 0.489 e. The summed E-state index contributed by atoms with van der Waals surface area (Å²) in [6.45, 7) is 2.43. The summed E-state index contributed by atoms with van der Waals surface area (Å²) >= 11 is 6.12. The second kappa shape index (κ2) is 9.03. The van der Waals surface area contributed by atoms with Crippen LogP contribution in [-0.4, -0.2) is 16.8 Å². The van der Waals surface area contributed by atoms with Crippen LogP contribution in [0.15, 0.2) is 77.4 Å². The molecule has 0 radical (unpaired) electrons. The lowest BCUT2D eigenvalue weighted by atomic mass is 10.1. The number of aryl methyl sites for hydroxylation is 1. The SMILES string of the molecule is Cc1cccc(COc2cccc(/C=C3\N=C(c4cc([N+](=O)[O-])ccc4Cl)OC3=O)c2)c1. The summed E-state index contributed by atoms with van der Waals surface area (Å²) in [7, 11) is 0. The lowest BCUT2D eigenvalue weighted by Crippen LogP contribution is -2.06. The molecule has 0 spiro atoms. The third-order valence-electron chi connectivity index (χ3n) is 4.66.